The minimum Gasteiger partial charge on any atom is -0.478 e. The van der Waals surface area contributed by atoms with Crippen molar-refractivity contribution in [3.05, 3.63) is 23.8 Å². The van der Waals surface area contributed by atoms with Gasteiger partial charge in [-0.2, -0.15) is 0 Å². The molecule has 0 fully saturated rings. The van der Waals surface area contributed by atoms with Crippen molar-refractivity contribution >= 4 is 14.3 Å². The van der Waals surface area contributed by atoms with Crippen molar-refractivity contribution in [1.82, 2.24) is 9.97 Å². The molecule has 118 valence electrons. The fraction of sp³-hybridized carbons (Fsp3) is 0.667. The fourth-order valence-corrected chi connectivity index (χ4v) is 5.70. The summed E-state index contributed by atoms with van der Waals surface area (Å²) in [4.78, 5) is 19.1. The van der Waals surface area contributed by atoms with Crippen LogP contribution < -0.4 is 0 Å². The van der Waals surface area contributed by atoms with Gasteiger partial charge >= 0.3 is 5.97 Å². The van der Waals surface area contributed by atoms with Crippen LogP contribution in [-0.4, -0.2) is 35.0 Å². The number of rotatable bonds is 8. The molecule has 0 aliphatic heterocycles. The molecule has 0 aliphatic carbocycles. The second kappa shape index (κ2) is 7.13. The van der Waals surface area contributed by atoms with E-state index in [2.05, 4.69) is 44.6 Å². The SMILES string of the molecule is CC[Si](CC)(CC)OC(C)(C)Cc1ncc(C(=O)O)cn1. The van der Waals surface area contributed by atoms with E-state index < -0.39 is 14.3 Å². The summed E-state index contributed by atoms with van der Waals surface area (Å²) in [6.45, 7) is 10.7. The third kappa shape index (κ3) is 4.89. The quantitative estimate of drug-likeness (QED) is 0.744. The van der Waals surface area contributed by atoms with Crippen molar-refractivity contribution in [3.8, 4) is 0 Å². The first-order chi connectivity index (χ1) is 9.77. The van der Waals surface area contributed by atoms with Crippen LogP contribution in [0.25, 0.3) is 0 Å². The summed E-state index contributed by atoms with van der Waals surface area (Å²) in [6.07, 6.45) is 3.29. The summed E-state index contributed by atoms with van der Waals surface area (Å²) in [5, 5.41) is 8.86. The molecule has 0 atom stereocenters. The Balaban J connectivity index is 2.81. The van der Waals surface area contributed by atoms with Crippen molar-refractivity contribution in [2.24, 2.45) is 0 Å². The predicted octanol–water partition coefficient (Wildman–Crippen LogP) is 3.52. The van der Waals surface area contributed by atoms with Crippen molar-refractivity contribution in [1.29, 1.82) is 0 Å². The van der Waals surface area contributed by atoms with Gasteiger partial charge in [0.2, 0.25) is 0 Å². The molecule has 1 N–H and O–H groups in total. The van der Waals surface area contributed by atoms with E-state index in [0.29, 0.717) is 12.2 Å². The van der Waals surface area contributed by atoms with Gasteiger partial charge in [-0.3, -0.25) is 0 Å². The zero-order valence-corrected chi connectivity index (χ0v) is 14.6. The van der Waals surface area contributed by atoms with Crippen LogP contribution in [0.15, 0.2) is 12.4 Å². The van der Waals surface area contributed by atoms with Crippen molar-refractivity contribution in [3.63, 3.8) is 0 Å². The van der Waals surface area contributed by atoms with Gasteiger partial charge in [-0.1, -0.05) is 20.8 Å². The average Bonchev–Trinajstić information content (AvgIpc) is 2.45. The van der Waals surface area contributed by atoms with Crippen LogP contribution in [0, 0.1) is 0 Å². The topological polar surface area (TPSA) is 72.3 Å². The lowest BCUT2D eigenvalue weighted by Gasteiger charge is -2.38. The number of aromatic nitrogens is 2. The molecule has 1 aromatic rings. The van der Waals surface area contributed by atoms with Gasteiger partial charge in [-0.05, 0) is 32.0 Å². The number of carboxylic acid groups (broad SMARTS) is 1. The van der Waals surface area contributed by atoms with Crippen molar-refractivity contribution < 1.29 is 14.3 Å². The number of hydrogen-bond acceptors (Lipinski definition) is 4. The van der Waals surface area contributed by atoms with Crippen LogP contribution in [0.5, 0.6) is 0 Å². The molecular weight excluding hydrogens is 284 g/mol. The Hall–Kier alpha value is -1.27. The summed E-state index contributed by atoms with van der Waals surface area (Å²) < 4.78 is 6.50. The Morgan fingerprint density at radius 3 is 2.05 bits per heavy atom. The van der Waals surface area contributed by atoms with E-state index in [1.54, 1.807) is 0 Å². The second-order valence-electron chi connectivity index (χ2n) is 5.98. The van der Waals surface area contributed by atoms with Gasteiger partial charge in [-0.25, -0.2) is 14.8 Å². The average molecular weight is 310 g/mol. The lowest BCUT2D eigenvalue weighted by molar-refractivity contribution is 0.0696. The van der Waals surface area contributed by atoms with Gasteiger partial charge in [-0.15, -0.1) is 0 Å². The van der Waals surface area contributed by atoms with Crippen molar-refractivity contribution in [2.75, 3.05) is 0 Å². The molecule has 21 heavy (non-hydrogen) atoms. The highest BCUT2D eigenvalue weighted by molar-refractivity contribution is 6.73. The lowest BCUT2D eigenvalue weighted by atomic mass is 10.1. The zero-order valence-electron chi connectivity index (χ0n) is 13.6. The molecule has 1 rings (SSSR count). The smallest absolute Gasteiger partial charge is 0.338 e. The molecule has 0 saturated heterocycles. The highest BCUT2D eigenvalue weighted by atomic mass is 28.4. The largest absolute Gasteiger partial charge is 0.478 e. The summed E-state index contributed by atoms with van der Waals surface area (Å²) in [7, 11) is -1.69. The molecule has 0 amide bonds. The fourth-order valence-electron chi connectivity index (χ4n) is 2.53. The molecule has 0 unspecified atom stereocenters. The molecule has 0 bridgehead atoms. The summed E-state index contributed by atoms with van der Waals surface area (Å²) >= 11 is 0. The van der Waals surface area contributed by atoms with Crippen molar-refractivity contribution in [2.45, 2.75) is 64.8 Å². The van der Waals surface area contributed by atoms with Gasteiger partial charge in [0.05, 0.1) is 11.2 Å². The molecule has 1 aromatic heterocycles. The Morgan fingerprint density at radius 2 is 1.67 bits per heavy atom. The van der Waals surface area contributed by atoms with Crippen LogP contribution in [0.3, 0.4) is 0 Å². The highest BCUT2D eigenvalue weighted by Crippen LogP contribution is 2.29. The maximum absolute atomic E-state index is 10.8. The Morgan fingerprint density at radius 1 is 1.19 bits per heavy atom. The van der Waals surface area contributed by atoms with E-state index in [9.17, 15) is 4.79 Å². The highest BCUT2D eigenvalue weighted by Gasteiger charge is 2.36. The summed E-state index contributed by atoms with van der Waals surface area (Å²) in [6, 6.07) is 3.30. The summed E-state index contributed by atoms with van der Waals surface area (Å²) in [5.74, 6) is -0.386. The monoisotopic (exact) mass is 310 g/mol. The molecule has 1 heterocycles. The minimum atomic E-state index is -1.69. The molecular formula is C15H26N2O3Si. The third-order valence-corrected chi connectivity index (χ3v) is 8.81. The molecule has 0 spiro atoms. The number of carboxylic acids is 1. The van der Waals surface area contributed by atoms with E-state index in [-0.39, 0.29) is 11.2 Å². The molecule has 0 aromatic carbocycles. The second-order valence-corrected chi connectivity index (χ2v) is 10.7. The van der Waals surface area contributed by atoms with E-state index in [1.807, 2.05) is 0 Å². The Labute approximate surface area is 127 Å². The number of aromatic carboxylic acids is 1. The van der Waals surface area contributed by atoms with E-state index in [4.69, 9.17) is 9.53 Å². The first kappa shape index (κ1) is 17.8. The normalized spacial score (nSPS) is 12.4. The van der Waals surface area contributed by atoms with E-state index >= 15 is 0 Å². The van der Waals surface area contributed by atoms with Gasteiger partial charge < -0.3 is 9.53 Å². The molecule has 5 nitrogen and oxygen atoms in total. The van der Waals surface area contributed by atoms with E-state index in [1.165, 1.54) is 12.4 Å². The van der Waals surface area contributed by atoms with Gasteiger partial charge in [0.15, 0.2) is 8.32 Å². The number of carbonyl (C=O) groups is 1. The Kier molecular flexibility index (Phi) is 6.04. The van der Waals surface area contributed by atoms with Gasteiger partial charge in [0.25, 0.3) is 0 Å². The molecule has 6 heteroatoms. The lowest BCUT2D eigenvalue weighted by Crippen LogP contribution is -2.45. The number of hydrogen-bond donors (Lipinski definition) is 1. The maximum Gasteiger partial charge on any atom is 0.338 e. The molecule has 0 aliphatic rings. The Bertz CT molecular complexity index is 462. The van der Waals surface area contributed by atoms with Crippen LogP contribution in [0.1, 0.15) is 50.8 Å². The predicted molar refractivity (Wildman–Crippen MR) is 85.1 cm³/mol. The first-order valence-electron chi connectivity index (χ1n) is 7.52. The minimum absolute atomic E-state index is 0.108. The molecule has 0 saturated carbocycles. The van der Waals surface area contributed by atoms with Crippen LogP contribution in [-0.2, 0) is 10.8 Å². The van der Waals surface area contributed by atoms with Gasteiger partial charge in [0, 0.05) is 18.8 Å². The van der Waals surface area contributed by atoms with Gasteiger partial charge in [0.1, 0.15) is 5.82 Å². The van der Waals surface area contributed by atoms with Crippen LogP contribution >= 0.6 is 0 Å². The van der Waals surface area contributed by atoms with Crippen LogP contribution in [0.2, 0.25) is 18.1 Å². The number of nitrogens with zero attached hydrogens (tertiary/aromatic N) is 2. The standard InChI is InChI=1S/C15H26N2O3Si/c1-6-21(7-2,8-3)20-15(4,5)9-13-16-10-12(11-17-13)14(18)19/h10-11H,6-9H2,1-5H3,(H,18,19). The summed E-state index contributed by atoms with van der Waals surface area (Å²) in [5.41, 5.74) is -0.226. The zero-order chi connectivity index (χ0) is 16.1. The first-order valence-corrected chi connectivity index (χ1v) is 10.0. The molecule has 0 radical (unpaired) electrons. The maximum atomic E-state index is 10.8. The third-order valence-electron chi connectivity index (χ3n) is 3.96. The van der Waals surface area contributed by atoms with Crippen LogP contribution in [0.4, 0.5) is 0 Å². The van der Waals surface area contributed by atoms with E-state index in [0.717, 1.165) is 18.1 Å².